The van der Waals surface area contributed by atoms with Crippen LogP contribution in [0.2, 0.25) is 0 Å². The molecule has 0 atom stereocenters. The molecule has 0 spiro atoms. The summed E-state index contributed by atoms with van der Waals surface area (Å²) in [6.07, 6.45) is 3.15. The van der Waals surface area contributed by atoms with Gasteiger partial charge in [-0.05, 0) is 42.5 Å². The Morgan fingerprint density at radius 3 is 2.72 bits per heavy atom. The van der Waals surface area contributed by atoms with Crippen LogP contribution in [0.1, 0.15) is 34.7 Å². The van der Waals surface area contributed by atoms with Crippen molar-refractivity contribution in [3.8, 4) is 0 Å². The third kappa shape index (κ3) is 4.06. The fourth-order valence-corrected chi connectivity index (χ4v) is 7.57. The molecule has 0 aliphatic carbocycles. The summed E-state index contributed by atoms with van der Waals surface area (Å²) >= 11 is 3.56. The van der Waals surface area contributed by atoms with Gasteiger partial charge in [-0.1, -0.05) is 13.0 Å². The third-order valence-electron chi connectivity index (χ3n) is 6.95. The van der Waals surface area contributed by atoms with E-state index in [0.29, 0.717) is 0 Å². The second kappa shape index (κ2) is 9.12. The summed E-state index contributed by atoms with van der Waals surface area (Å²) in [5.41, 5.74) is 4.10. The molecule has 5 rings (SSSR count). The van der Waals surface area contributed by atoms with E-state index in [9.17, 15) is 9.18 Å². The second-order valence-electron chi connectivity index (χ2n) is 8.76. The molecule has 4 nitrogen and oxygen atoms in total. The number of hydrogen-bond donors (Lipinski definition) is 0. The lowest BCUT2D eigenvalue weighted by Crippen LogP contribution is -2.46. The van der Waals surface area contributed by atoms with E-state index in [0.717, 1.165) is 80.8 Å². The molecule has 1 amide bonds. The number of benzene rings is 1. The van der Waals surface area contributed by atoms with Gasteiger partial charge in [-0.3, -0.25) is 9.69 Å². The minimum Gasteiger partial charge on any atom is -0.368 e. The lowest BCUT2D eigenvalue weighted by Gasteiger charge is -2.35. The molecule has 1 fully saturated rings. The first-order chi connectivity index (χ1) is 15.5. The van der Waals surface area contributed by atoms with Crippen LogP contribution in [0.3, 0.4) is 0 Å². The minimum absolute atomic E-state index is 0.113. The van der Waals surface area contributed by atoms with E-state index in [1.807, 2.05) is 22.3 Å². The average molecular weight is 472 g/mol. The summed E-state index contributed by atoms with van der Waals surface area (Å²) in [5.74, 6) is 0.0677. The number of carbonyl (C=O) groups is 1. The second-order valence-corrected chi connectivity index (χ2v) is 10.9. The van der Waals surface area contributed by atoms with Crippen LogP contribution in [0.25, 0.3) is 10.1 Å². The predicted octanol–water partition coefficient (Wildman–Crippen LogP) is 4.93. The highest BCUT2D eigenvalue weighted by Crippen LogP contribution is 2.36. The van der Waals surface area contributed by atoms with Gasteiger partial charge in [0.25, 0.3) is 0 Å². The van der Waals surface area contributed by atoms with E-state index in [1.165, 1.54) is 20.9 Å². The van der Waals surface area contributed by atoms with Crippen LogP contribution in [0, 0.1) is 5.82 Å². The maximum absolute atomic E-state index is 14.4. The van der Waals surface area contributed by atoms with Crippen molar-refractivity contribution in [2.24, 2.45) is 0 Å². The molecule has 4 heterocycles. The number of fused-ring (bicyclic) bond motifs is 2. The quantitative estimate of drug-likeness (QED) is 0.528. The van der Waals surface area contributed by atoms with Gasteiger partial charge in [0.2, 0.25) is 5.91 Å². The lowest BCUT2D eigenvalue weighted by molar-refractivity contribution is -0.129. The Morgan fingerprint density at radius 1 is 1.16 bits per heavy atom. The van der Waals surface area contributed by atoms with Crippen molar-refractivity contribution < 1.29 is 9.18 Å². The van der Waals surface area contributed by atoms with Gasteiger partial charge in [-0.25, -0.2) is 4.39 Å². The van der Waals surface area contributed by atoms with Crippen LogP contribution in [0.5, 0.6) is 0 Å². The topological polar surface area (TPSA) is 26.8 Å². The Hall–Kier alpha value is -1.96. The maximum Gasteiger partial charge on any atom is 0.219 e. The first-order valence-corrected chi connectivity index (χ1v) is 13.3. The van der Waals surface area contributed by atoms with Crippen molar-refractivity contribution in [2.45, 2.75) is 39.7 Å². The first kappa shape index (κ1) is 21.9. The van der Waals surface area contributed by atoms with Crippen LogP contribution in [0.15, 0.2) is 23.6 Å². The zero-order chi connectivity index (χ0) is 22.2. The van der Waals surface area contributed by atoms with Crippen molar-refractivity contribution in [2.75, 3.05) is 44.2 Å². The average Bonchev–Trinajstić information content (AvgIpc) is 3.39. The van der Waals surface area contributed by atoms with Crippen LogP contribution in [-0.2, 0) is 30.6 Å². The van der Waals surface area contributed by atoms with Gasteiger partial charge in [-0.15, -0.1) is 22.7 Å². The molecular formula is C25H30FN3OS2. The van der Waals surface area contributed by atoms with Crippen LogP contribution >= 0.6 is 22.7 Å². The number of hydrogen-bond acceptors (Lipinski definition) is 5. The van der Waals surface area contributed by atoms with Gasteiger partial charge in [0.15, 0.2) is 0 Å². The minimum atomic E-state index is -0.113. The number of thiophene rings is 2. The molecule has 7 heteroatoms. The molecular weight excluding hydrogens is 441 g/mol. The normalized spacial score (nSPS) is 17.2. The van der Waals surface area contributed by atoms with Crippen LogP contribution < -0.4 is 4.90 Å². The first-order valence-electron chi connectivity index (χ1n) is 11.6. The number of anilines is 1. The number of amides is 1. The van der Waals surface area contributed by atoms with Crippen molar-refractivity contribution in [1.29, 1.82) is 0 Å². The molecule has 0 N–H and O–H groups in total. The van der Waals surface area contributed by atoms with Crippen molar-refractivity contribution >= 4 is 44.4 Å². The van der Waals surface area contributed by atoms with Gasteiger partial charge < -0.3 is 9.80 Å². The summed E-state index contributed by atoms with van der Waals surface area (Å²) in [6, 6.07) is 5.36. The Kier molecular flexibility index (Phi) is 6.23. The zero-order valence-electron chi connectivity index (χ0n) is 18.8. The van der Waals surface area contributed by atoms with Gasteiger partial charge in [0.05, 0.1) is 17.6 Å². The van der Waals surface area contributed by atoms with E-state index >= 15 is 0 Å². The fraction of sp³-hybridized carbons (Fsp3) is 0.480. The van der Waals surface area contributed by atoms with Gasteiger partial charge >= 0.3 is 0 Å². The third-order valence-corrected chi connectivity index (χ3v) is 9.20. The summed E-state index contributed by atoms with van der Waals surface area (Å²) in [4.78, 5) is 21.6. The van der Waals surface area contributed by atoms with Crippen molar-refractivity contribution in [1.82, 2.24) is 9.80 Å². The molecule has 1 aromatic carbocycles. The van der Waals surface area contributed by atoms with Gasteiger partial charge in [-0.2, -0.15) is 0 Å². The molecule has 3 aromatic rings. The maximum atomic E-state index is 14.4. The van der Waals surface area contributed by atoms with Gasteiger partial charge in [0, 0.05) is 66.0 Å². The molecule has 0 saturated carbocycles. The highest BCUT2D eigenvalue weighted by molar-refractivity contribution is 7.17. The Balaban J connectivity index is 1.22. The number of halogens is 1. The van der Waals surface area contributed by atoms with Gasteiger partial charge in [0.1, 0.15) is 5.82 Å². The molecule has 32 heavy (non-hydrogen) atoms. The Labute approximate surface area is 197 Å². The van der Waals surface area contributed by atoms with E-state index in [4.69, 9.17) is 0 Å². The summed E-state index contributed by atoms with van der Waals surface area (Å²) in [5, 5.41) is 2.89. The zero-order valence-corrected chi connectivity index (χ0v) is 20.5. The van der Waals surface area contributed by atoms with Crippen molar-refractivity contribution in [3.63, 3.8) is 0 Å². The van der Waals surface area contributed by atoms with E-state index in [2.05, 4.69) is 22.1 Å². The van der Waals surface area contributed by atoms with E-state index in [1.54, 1.807) is 30.4 Å². The predicted molar refractivity (Wildman–Crippen MR) is 133 cm³/mol. The molecule has 2 aromatic heterocycles. The number of nitrogens with zero attached hydrogens (tertiary/aromatic N) is 3. The van der Waals surface area contributed by atoms with E-state index < -0.39 is 0 Å². The largest absolute Gasteiger partial charge is 0.368 e. The fourth-order valence-electron chi connectivity index (χ4n) is 5.14. The van der Waals surface area contributed by atoms with Crippen molar-refractivity contribution in [3.05, 3.63) is 50.3 Å². The monoisotopic (exact) mass is 471 g/mol. The SMILES string of the molecule is CCc1c(CCN2CCN(c3csc4cccc(F)c34)CC2)sc2c1CCN(C(C)=O)C2. The van der Waals surface area contributed by atoms with Crippen LogP contribution in [-0.4, -0.2) is 55.0 Å². The molecule has 0 bridgehead atoms. The molecule has 0 unspecified atom stereocenters. The highest BCUT2D eigenvalue weighted by atomic mass is 32.1. The Morgan fingerprint density at radius 2 is 1.97 bits per heavy atom. The number of carbonyl (C=O) groups excluding carboxylic acids is 1. The Bertz CT molecular complexity index is 1130. The summed E-state index contributed by atoms with van der Waals surface area (Å²) in [6.45, 7) is 10.5. The molecule has 170 valence electrons. The molecule has 0 radical (unpaired) electrons. The molecule has 2 aliphatic rings. The van der Waals surface area contributed by atoms with E-state index in [-0.39, 0.29) is 11.7 Å². The smallest absolute Gasteiger partial charge is 0.219 e. The summed E-state index contributed by atoms with van der Waals surface area (Å²) in [7, 11) is 0. The summed E-state index contributed by atoms with van der Waals surface area (Å²) < 4.78 is 15.4. The van der Waals surface area contributed by atoms with Crippen LogP contribution in [0.4, 0.5) is 10.1 Å². The highest BCUT2D eigenvalue weighted by Gasteiger charge is 2.26. The number of piperazine rings is 1. The molecule has 2 aliphatic heterocycles. The standard InChI is InChI=1S/C25H30FN3OS2/c1-3-18-19-7-10-29(17(2)30)15-24(19)32-22(18)8-9-27-11-13-28(14-12-27)21-16-31-23-6-4-5-20(26)25(21)23/h4-6,16H,3,7-15H2,1-2H3. The molecule has 1 saturated heterocycles. The lowest BCUT2D eigenvalue weighted by atomic mass is 9.99. The number of rotatable bonds is 5.